The van der Waals surface area contributed by atoms with Crippen LogP contribution in [0, 0.1) is 0 Å². The minimum atomic E-state index is -1.28. The number of carbonyl (C=O) groups is 6. The standard InChI is InChI=1S/C47H54N6O8/c1-47(2,3)61-46(59)51-38(24-16-26-48-45(58)60-31-35-21-12-7-13-22-35)42(55)49-39(28-36-30-53(32-54)41-25-15-14-23-37(36)41)43(56)50-40(27-33-17-8-5-9-18-33)44(57)52(4)29-34-19-10-6-11-20-34/h5-15,17-23,25,30,32,38-40H,16,24,26-29,31H2,1-4H3,(H,48,58)(H,49,55)(H,50,56)(H,51,59)/t38-,39+,40-/m0/s1. The number of amides is 5. The maximum absolute atomic E-state index is 14.6. The van der Waals surface area contributed by atoms with Gasteiger partial charge in [-0.15, -0.1) is 0 Å². The Labute approximate surface area is 356 Å². The Bertz CT molecular complexity index is 2240. The molecule has 0 radical (unpaired) electrons. The van der Waals surface area contributed by atoms with Crippen molar-refractivity contribution in [1.82, 2.24) is 30.7 Å². The first-order valence-corrected chi connectivity index (χ1v) is 20.2. The van der Waals surface area contributed by atoms with Gasteiger partial charge in [0.15, 0.2) is 0 Å². The molecule has 0 unspecified atom stereocenters. The summed E-state index contributed by atoms with van der Waals surface area (Å²) >= 11 is 0. The molecule has 5 rings (SSSR count). The molecule has 5 amide bonds. The number of hydrogen-bond donors (Lipinski definition) is 4. The maximum Gasteiger partial charge on any atom is 0.408 e. The van der Waals surface area contributed by atoms with E-state index in [1.54, 1.807) is 57.1 Å². The topological polar surface area (TPSA) is 177 Å². The average molecular weight is 831 g/mol. The fourth-order valence-corrected chi connectivity index (χ4v) is 6.74. The summed E-state index contributed by atoms with van der Waals surface area (Å²) in [6.45, 7) is 5.55. The molecule has 0 fully saturated rings. The normalized spacial score (nSPS) is 12.6. The van der Waals surface area contributed by atoms with Crippen molar-refractivity contribution in [3.8, 4) is 0 Å². The molecule has 5 aromatic rings. The van der Waals surface area contributed by atoms with Crippen molar-refractivity contribution in [1.29, 1.82) is 0 Å². The van der Waals surface area contributed by atoms with Crippen molar-refractivity contribution >= 4 is 47.2 Å². The average Bonchev–Trinajstić information content (AvgIpc) is 3.60. The predicted octanol–water partition coefficient (Wildman–Crippen LogP) is 5.69. The van der Waals surface area contributed by atoms with E-state index in [1.807, 2.05) is 97.1 Å². The molecule has 0 aliphatic heterocycles. The molecule has 14 heteroatoms. The minimum absolute atomic E-state index is 0.0439. The number of aromatic nitrogens is 1. The molecular weight excluding hydrogens is 777 g/mol. The number of fused-ring (bicyclic) bond motifs is 1. The molecule has 320 valence electrons. The van der Waals surface area contributed by atoms with Crippen LogP contribution in [-0.2, 0) is 54.6 Å². The predicted molar refractivity (Wildman–Crippen MR) is 232 cm³/mol. The van der Waals surface area contributed by atoms with Gasteiger partial charge in [0.25, 0.3) is 0 Å². The first-order chi connectivity index (χ1) is 29.3. The Hall–Kier alpha value is -6.96. The summed E-state index contributed by atoms with van der Waals surface area (Å²) in [5.74, 6) is -1.70. The highest BCUT2D eigenvalue weighted by Gasteiger charge is 2.32. The summed E-state index contributed by atoms with van der Waals surface area (Å²) in [5, 5.41) is 11.7. The van der Waals surface area contributed by atoms with Crippen LogP contribution in [0.5, 0.6) is 0 Å². The van der Waals surface area contributed by atoms with Crippen LogP contribution in [0.15, 0.2) is 121 Å². The molecule has 0 bridgehead atoms. The quantitative estimate of drug-likeness (QED) is 0.0606. The van der Waals surface area contributed by atoms with Crippen molar-refractivity contribution in [3.63, 3.8) is 0 Å². The van der Waals surface area contributed by atoms with Gasteiger partial charge in [-0.1, -0.05) is 109 Å². The molecule has 4 aromatic carbocycles. The third-order valence-electron chi connectivity index (χ3n) is 9.69. The monoisotopic (exact) mass is 830 g/mol. The van der Waals surface area contributed by atoms with Crippen molar-refractivity contribution in [2.24, 2.45) is 0 Å². The fraction of sp³-hybridized carbons (Fsp3) is 0.319. The summed E-state index contributed by atoms with van der Waals surface area (Å²) in [5.41, 5.74) is 2.85. The zero-order valence-electron chi connectivity index (χ0n) is 35.0. The molecule has 0 saturated heterocycles. The van der Waals surface area contributed by atoms with Crippen LogP contribution in [0.25, 0.3) is 10.9 Å². The van der Waals surface area contributed by atoms with Gasteiger partial charge in [0.1, 0.15) is 30.3 Å². The second kappa shape index (κ2) is 21.9. The van der Waals surface area contributed by atoms with Crippen LogP contribution < -0.4 is 21.3 Å². The van der Waals surface area contributed by atoms with E-state index < -0.39 is 47.7 Å². The van der Waals surface area contributed by atoms with Crippen LogP contribution in [0.1, 0.15) is 55.9 Å². The third-order valence-corrected chi connectivity index (χ3v) is 9.69. The van der Waals surface area contributed by atoms with E-state index in [9.17, 15) is 28.8 Å². The summed E-state index contributed by atoms with van der Waals surface area (Å²) in [6.07, 6.45) is 1.13. The van der Waals surface area contributed by atoms with Gasteiger partial charge >= 0.3 is 12.2 Å². The lowest BCUT2D eigenvalue weighted by molar-refractivity contribution is -0.137. The van der Waals surface area contributed by atoms with Crippen molar-refractivity contribution in [2.75, 3.05) is 13.6 Å². The van der Waals surface area contributed by atoms with Gasteiger partial charge < -0.3 is 35.6 Å². The Kier molecular flexibility index (Phi) is 16.2. The molecule has 3 atom stereocenters. The zero-order valence-corrected chi connectivity index (χ0v) is 35.0. The molecule has 1 aromatic heterocycles. The SMILES string of the molecule is CN(Cc1ccccc1)C(=O)[C@H](Cc1ccccc1)NC(=O)[C@@H](Cc1cn(C=O)c2ccccc12)NC(=O)[C@H](CCCNC(=O)OCc1ccccc1)NC(=O)OC(C)(C)C. The van der Waals surface area contributed by atoms with Gasteiger partial charge in [0.2, 0.25) is 24.1 Å². The Balaban J connectivity index is 1.38. The number of nitrogens with zero attached hydrogens (tertiary/aromatic N) is 2. The van der Waals surface area contributed by atoms with Crippen molar-refractivity contribution in [3.05, 3.63) is 144 Å². The van der Waals surface area contributed by atoms with Gasteiger partial charge in [-0.3, -0.25) is 23.7 Å². The number of alkyl carbamates (subject to hydrolysis) is 2. The van der Waals surface area contributed by atoms with Crippen LogP contribution in [0.4, 0.5) is 9.59 Å². The van der Waals surface area contributed by atoms with Crippen LogP contribution in [0.2, 0.25) is 0 Å². The van der Waals surface area contributed by atoms with Gasteiger partial charge in [-0.05, 0) is 61.9 Å². The molecule has 4 N–H and O–H groups in total. The third kappa shape index (κ3) is 14.1. The molecule has 0 spiro atoms. The lowest BCUT2D eigenvalue weighted by atomic mass is 10.0. The van der Waals surface area contributed by atoms with E-state index in [0.29, 0.717) is 29.4 Å². The summed E-state index contributed by atoms with van der Waals surface area (Å²) in [7, 11) is 1.66. The molecule has 0 saturated carbocycles. The zero-order chi connectivity index (χ0) is 43.8. The number of rotatable bonds is 19. The summed E-state index contributed by atoms with van der Waals surface area (Å²) in [4.78, 5) is 82.1. The van der Waals surface area contributed by atoms with Crippen LogP contribution in [0.3, 0.4) is 0 Å². The lowest BCUT2D eigenvalue weighted by Gasteiger charge is -2.28. The second-order valence-corrected chi connectivity index (χ2v) is 15.7. The van der Waals surface area contributed by atoms with Crippen molar-refractivity contribution < 1.29 is 38.2 Å². The van der Waals surface area contributed by atoms with Gasteiger partial charge in [-0.2, -0.15) is 0 Å². The molecular formula is C47H54N6O8. The van der Waals surface area contributed by atoms with Crippen LogP contribution >= 0.6 is 0 Å². The Morgan fingerprint density at radius 3 is 1.90 bits per heavy atom. The minimum Gasteiger partial charge on any atom is -0.445 e. The number of hydrogen-bond acceptors (Lipinski definition) is 8. The first kappa shape index (κ1) is 45.1. The number of para-hydroxylation sites is 1. The number of benzene rings is 4. The Morgan fingerprint density at radius 1 is 0.689 bits per heavy atom. The van der Waals surface area contributed by atoms with E-state index in [1.165, 1.54) is 4.57 Å². The molecule has 0 aliphatic carbocycles. The second-order valence-electron chi connectivity index (χ2n) is 15.7. The lowest BCUT2D eigenvalue weighted by Crippen LogP contribution is -2.58. The van der Waals surface area contributed by atoms with E-state index in [-0.39, 0.29) is 44.7 Å². The van der Waals surface area contributed by atoms with Crippen molar-refractivity contribution in [2.45, 2.75) is 83.3 Å². The number of likely N-dealkylation sites (N-methyl/N-ethyl adjacent to an activating group) is 1. The highest BCUT2D eigenvalue weighted by Crippen LogP contribution is 2.22. The van der Waals surface area contributed by atoms with Gasteiger partial charge in [-0.25, -0.2) is 9.59 Å². The summed E-state index contributed by atoms with van der Waals surface area (Å²) < 4.78 is 12.2. The maximum atomic E-state index is 14.6. The smallest absolute Gasteiger partial charge is 0.408 e. The van der Waals surface area contributed by atoms with Gasteiger partial charge in [0, 0.05) is 44.6 Å². The highest BCUT2D eigenvalue weighted by atomic mass is 16.6. The molecule has 14 nitrogen and oxygen atoms in total. The highest BCUT2D eigenvalue weighted by molar-refractivity contribution is 5.95. The summed E-state index contributed by atoms with van der Waals surface area (Å²) in [6, 6.07) is 31.6. The number of nitrogens with one attached hydrogen (secondary N) is 4. The molecule has 61 heavy (non-hydrogen) atoms. The first-order valence-electron chi connectivity index (χ1n) is 20.2. The molecule has 0 aliphatic rings. The van der Waals surface area contributed by atoms with Gasteiger partial charge in [0.05, 0.1) is 5.52 Å². The fourth-order valence-electron chi connectivity index (χ4n) is 6.74. The van der Waals surface area contributed by atoms with E-state index in [4.69, 9.17) is 9.47 Å². The van der Waals surface area contributed by atoms with E-state index in [0.717, 1.165) is 16.7 Å². The number of ether oxygens (including phenoxy) is 2. The molecule has 1 heterocycles. The van der Waals surface area contributed by atoms with E-state index in [2.05, 4.69) is 21.3 Å². The largest absolute Gasteiger partial charge is 0.445 e. The van der Waals surface area contributed by atoms with E-state index >= 15 is 0 Å². The van der Waals surface area contributed by atoms with Crippen LogP contribution in [-0.4, -0.2) is 83.1 Å². The Morgan fingerprint density at radius 2 is 1.26 bits per heavy atom. The number of carbonyl (C=O) groups excluding carboxylic acids is 6.